The summed E-state index contributed by atoms with van der Waals surface area (Å²) >= 11 is 12.3. The van der Waals surface area contributed by atoms with Crippen LogP contribution >= 0.6 is 23.2 Å². The van der Waals surface area contributed by atoms with Crippen molar-refractivity contribution in [3.63, 3.8) is 0 Å². The van der Waals surface area contributed by atoms with Crippen LogP contribution in [0.5, 0.6) is 11.5 Å². The molecular weight excluding hydrogens is 347 g/mol. The van der Waals surface area contributed by atoms with Crippen LogP contribution in [0.1, 0.15) is 25.0 Å². The summed E-state index contributed by atoms with van der Waals surface area (Å²) in [4.78, 5) is 0. The van der Waals surface area contributed by atoms with E-state index in [1.807, 2.05) is 26.0 Å². The van der Waals surface area contributed by atoms with E-state index in [1.165, 1.54) is 0 Å². The van der Waals surface area contributed by atoms with Gasteiger partial charge in [0.1, 0.15) is 11.5 Å². The quantitative estimate of drug-likeness (QED) is 0.537. The molecule has 0 aliphatic heterocycles. The largest absolute Gasteiger partial charge is 0.495 e. The summed E-state index contributed by atoms with van der Waals surface area (Å²) < 4.78 is 10.3. The van der Waals surface area contributed by atoms with Crippen molar-refractivity contribution in [3.05, 3.63) is 57.6 Å². The van der Waals surface area contributed by atoms with Crippen LogP contribution in [0.3, 0.4) is 0 Å². The lowest BCUT2D eigenvalue weighted by molar-refractivity contribution is 0.415. The third-order valence-electron chi connectivity index (χ3n) is 3.49. The molecule has 126 valence electrons. The maximum Gasteiger partial charge on any atom is 0.137 e. The van der Waals surface area contributed by atoms with Gasteiger partial charge in [0.05, 0.1) is 35.7 Å². The summed E-state index contributed by atoms with van der Waals surface area (Å²) in [6.07, 6.45) is 0. The number of hydrogen-bond acceptors (Lipinski definition) is 4. The van der Waals surface area contributed by atoms with Crippen molar-refractivity contribution in [3.8, 4) is 11.5 Å². The van der Waals surface area contributed by atoms with Crippen LogP contribution in [0.2, 0.25) is 10.0 Å². The minimum absolute atomic E-state index is 0.534. The van der Waals surface area contributed by atoms with Gasteiger partial charge in [-0.1, -0.05) is 23.2 Å². The van der Waals surface area contributed by atoms with Crippen molar-refractivity contribution in [1.82, 2.24) is 0 Å². The highest BCUT2D eigenvalue weighted by molar-refractivity contribution is 6.32. The van der Waals surface area contributed by atoms with Gasteiger partial charge in [0.15, 0.2) is 0 Å². The molecule has 24 heavy (non-hydrogen) atoms. The molecule has 2 aromatic carbocycles. The summed E-state index contributed by atoms with van der Waals surface area (Å²) in [6, 6.07) is 11.0. The van der Waals surface area contributed by atoms with Crippen molar-refractivity contribution in [2.45, 2.75) is 13.8 Å². The zero-order valence-corrected chi connectivity index (χ0v) is 15.4. The maximum absolute atomic E-state index is 6.14. The van der Waals surface area contributed by atoms with Gasteiger partial charge in [0.2, 0.25) is 0 Å². The van der Waals surface area contributed by atoms with Crippen LogP contribution in [-0.2, 0) is 0 Å². The Morgan fingerprint density at radius 3 is 1.42 bits per heavy atom. The summed E-state index contributed by atoms with van der Waals surface area (Å²) in [7, 11) is 3.16. The van der Waals surface area contributed by atoms with E-state index >= 15 is 0 Å². The second kappa shape index (κ2) is 8.18. The lowest BCUT2D eigenvalue weighted by Gasteiger charge is -2.06. The average Bonchev–Trinajstić information content (AvgIpc) is 2.59. The first-order chi connectivity index (χ1) is 11.5. The minimum atomic E-state index is 0.534. The molecule has 0 aliphatic carbocycles. The van der Waals surface area contributed by atoms with Crippen molar-refractivity contribution >= 4 is 34.6 Å². The summed E-state index contributed by atoms with van der Waals surface area (Å²) in [5.41, 5.74) is 3.26. The number of ether oxygens (including phenoxy) is 2. The normalized spacial score (nSPS) is 12.2. The lowest BCUT2D eigenvalue weighted by atomic mass is 10.1. The number of methoxy groups -OCH3 is 2. The molecule has 0 radical (unpaired) electrons. The lowest BCUT2D eigenvalue weighted by Crippen LogP contribution is -1.98. The van der Waals surface area contributed by atoms with Gasteiger partial charge in [0, 0.05) is 0 Å². The Kier molecular flexibility index (Phi) is 6.23. The molecule has 0 unspecified atom stereocenters. The molecule has 0 aromatic heterocycles. The van der Waals surface area contributed by atoms with Gasteiger partial charge in [-0.15, -0.1) is 0 Å². The second-order valence-corrected chi connectivity index (χ2v) is 5.88. The molecule has 0 aliphatic rings. The predicted molar refractivity (Wildman–Crippen MR) is 100 cm³/mol. The number of nitrogens with zero attached hydrogens (tertiary/aromatic N) is 2. The van der Waals surface area contributed by atoms with Gasteiger partial charge >= 0.3 is 0 Å². The standard InChI is InChI=1S/C18H18Cl2N2O2/c1-11(13-5-7-17(23-3)15(19)9-13)21-22-12(2)14-6-8-18(24-4)16(20)10-14/h5-10H,1-4H3/b21-11-,22-12-. The van der Waals surface area contributed by atoms with Crippen molar-refractivity contribution in [2.75, 3.05) is 14.2 Å². The Balaban J connectivity index is 2.25. The first-order valence-corrected chi connectivity index (χ1v) is 7.98. The molecule has 0 spiro atoms. The monoisotopic (exact) mass is 364 g/mol. The fourth-order valence-corrected chi connectivity index (χ4v) is 2.56. The Morgan fingerprint density at radius 2 is 1.12 bits per heavy atom. The van der Waals surface area contributed by atoms with Crippen molar-refractivity contribution in [1.29, 1.82) is 0 Å². The summed E-state index contributed by atoms with van der Waals surface area (Å²) in [6.45, 7) is 3.74. The fraction of sp³-hybridized carbons (Fsp3) is 0.222. The van der Waals surface area contributed by atoms with Crippen LogP contribution in [0.4, 0.5) is 0 Å². The number of hydrogen-bond donors (Lipinski definition) is 0. The van der Waals surface area contributed by atoms with Crippen LogP contribution in [0.15, 0.2) is 46.6 Å². The number of halogens is 2. The fourth-order valence-electron chi connectivity index (χ4n) is 2.05. The third kappa shape index (κ3) is 4.28. The predicted octanol–water partition coefficient (Wildman–Crippen LogP) is 5.24. The van der Waals surface area contributed by atoms with Gasteiger partial charge in [-0.3, -0.25) is 0 Å². The highest BCUT2D eigenvalue weighted by Crippen LogP contribution is 2.26. The first-order valence-electron chi connectivity index (χ1n) is 7.23. The molecule has 0 heterocycles. The van der Waals surface area contributed by atoms with E-state index in [2.05, 4.69) is 10.2 Å². The van der Waals surface area contributed by atoms with Gasteiger partial charge in [-0.25, -0.2) is 0 Å². The zero-order valence-electron chi connectivity index (χ0n) is 13.9. The smallest absolute Gasteiger partial charge is 0.137 e. The minimum Gasteiger partial charge on any atom is -0.495 e. The molecule has 0 saturated heterocycles. The Morgan fingerprint density at radius 1 is 0.750 bits per heavy atom. The van der Waals surface area contributed by atoms with E-state index in [1.54, 1.807) is 38.5 Å². The average molecular weight is 365 g/mol. The maximum atomic E-state index is 6.14. The topological polar surface area (TPSA) is 43.2 Å². The molecule has 0 amide bonds. The third-order valence-corrected chi connectivity index (χ3v) is 4.08. The number of rotatable bonds is 5. The van der Waals surface area contributed by atoms with Crippen LogP contribution < -0.4 is 9.47 Å². The van der Waals surface area contributed by atoms with Gasteiger partial charge in [0.25, 0.3) is 0 Å². The van der Waals surface area contributed by atoms with E-state index in [4.69, 9.17) is 32.7 Å². The molecule has 0 fully saturated rings. The highest BCUT2D eigenvalue weighted by atomic mass is 35.5. The zero-order chi connectivity index (χ0) is 17.7. The van der Waals surface area contributed by atoms with E-state index in [9.17, 15) is 0 Å². The highest BCUT2D eigenvalue weighted by Gasteiger charge is 2.06. The Hall–Kier alpha value is -2.04. The molecule has 2 aromatic rings. The Labute approximate surface area is 151 Å². The molecular formula is C18H18Cl2N2O2. The summed E-state index contributed by atoms with van der Waals surface area (Å²) in [5, 5.41) is 9.61. The van der Waals surface area contributed by atoms with Crippen molar-refractivity contribution < 1.29 is 9.47 Å². The molecule has 0 N–H and O–H groups in total. The van der Waals surface area contributed by atoms with Gasteiger partial charge in [-0.05, 0) is 61.4 Å². The van der Waals surface area contributed by atoms with Crippen LogP contribution in [0.25, 0.3) is 0 Å². The second-order valence-electron chi connectivity index (χ2n) is 5.07. The van der Waals surface area contributed by atoms with E-state index in [0.717, 1.165) is 22.6 Å². The van der Waals surface area contributed by atoms with E-state index in [0.29, 0.717) is 21.5 Å². The molecule has 0 bridgehead atoms. The van der Waals surface area contributed by atoms with Crippen LogP contribution in [-0.4, -0.2) is 25.6 Å². The van der Waals surface area contributed by atoms with E-state index in [-0.39, 0.29) is 0 Å². The van der Waals surface area contributed by atoms with Crippen molar-refractivity contribution in [2.24, 2.45) is 10.2 Å². The van der Waals surface area contributed by atoms with E-state index < -0.39 is 0 Å². The Bertz CT molecular complexity index is 734. The SMILES string of the molecule is COc1ccc(/C(C)=N\N=C(\C)c2ccc(OC)c(Cl)c2)cc1Cl. The molecule has 4 nitrogen and oxygen atoms in total. The molecule has 0 saturated carbocycles. The number of benzene rings is 2. The molecule has 2 rings (SSSR count). The van der Waals surface area contributed by atoms with Crippen LogP contribution in [0, 0.1) is 0 Å². The first kappa shape index (κ1) is 18.3. The molecule has 0 atom stereocenters. The molecule has 6 heteroatoms. The van der Waals surface area contributed by atoms with Gasteiger partial charge in [-0.2, -0.15) is 10.2 Å². The van der Waals surface area contributed by atoms with Gasteiger partial charge < -0.3 is 9.47 Å². The summed E-state index contributed by atoms with van der Waals surface area (Å²) in [5.74, 6) is 1.25.